The van der Waals surface area contributed by atoms with E-state index in [2.05, 4.69) is 47.8 Å². The summed E-state index contributed by atoms with van der Waals surface area (Å²) in [6.07, 6.45) is 4.25. The van der Waals surface area contributed by atoms with E-state index >= 15 is 0 Å². The van der Waals surface area contributed by atoms with E-state index in [9.17, 15) is 4.79 Å². The predicted molar refractivity (Wildman–Crippen MR) is 107 cm³/mol. The largest absolute Gasteiger partial charge is 0.497 e. The first kappa shape index (κ1) is 17.9. The number of likely N-dealkylation sites (tertiary alicyclic amines) is 1. The van der Waals surface area contributed by atoms with E-state index < -0.39 is 0 Å². The van der Waals surface area contributed by atoms with Crippen LogP contribution >= 0.6 is 0 Å². The number of urea groups is 1. The molecule has 1 saturated carbocycles. The molecule has 0 bridgehead atoms. The Balaban J connectivity index is 1.23. The summed E-state index contributed by atoms with van der Waals surface area (Å²) in [5.74, 6) is 2.04. The summed E-state index contributed by atoms with van der Waals surface area (Å²) < 4.78 is 5.31. The maximum Gasteiger partial charge on any atom is 0.317 e. The van der Waals surface area contributed by atoms with Crippen LogP contribution in [0, 0.1) is 5.92 Å². The van der Waals surface area contributed by atoms with Crippen molar-refractivity contribution in [2.75, 3.05) is 20.2 Å². The first-order valence-electron chi connectivity index (χ1n) is 9.96. The molecule has 142 valence electrons. The lowest BCUT2D eigenvalue weighted by Crippen LogP contribution is -2.45. The highest BCUT2D eigenvalue weighted by molar-refractivity contribution is 5.75. The number of benzene rings is 2. The molecule has 2 atom stereocenters. The van der Waals surface area contributed by atoms with Crippen molar-refractivity contribution < 1.29 is 9.53 Å². The molecule has 1 aliphatic heterocycles. The van der Waals surface area contributed by atoms with E-state index in [1.165, 1.54) is 11.1 Å². The second kappa shape index (κ2) is 8.03. The number of carbonyl (C=O) groups excluding carboxylic acids is 1. The quantitative estimate of drug-likeness (QED) is 0.863. The lowest BCUT2D eigenvalue weighted by molar-refractivity contribution is 0.170. The zero-order chi connectivity index (χ0) is 18.6. The topological polar surface area (TPSA) is 41.6 Å². The third-order valence-corrected chi connectivity index (χ3v) is 5.89. The zero-order valence-electron chi connectivity index (χ0n) is 15.9. The molecule has 4 rings (SSSR count). The molecule has 2 aromatic carbocycles. The van der Waals surface area contributed by atoms with E-state index in [1.54, 1.807) is 7.11 Å². The summed E-state index contributed by atoms with van der Waals surface area (Å²) in [5, 5.41) is 3.22. The number of rotatable bonds is 5. The molecule has 0 spiro atoms. The van der Waals surface area contributed by atoms with E-state index in [1.807, 2.05) is 17.0 Å². The minimum absolute atomic E-state index is 0.110. The molecule has 0 radical (unpaired) electrons. The van der Waals surface area contributed by atoms with Crippen LogP contribution < -0.4 is 10.1 Å². The summed E-state index contributed by atoms with van der Waals surface area (Å²) >= 11 is 0. The molecule has 0 aromatic heterocycles. The average molecular weight is 364 g/mol. The Hall–Kier alpha value is -2.49. The normalized spacial score (nSPS) is 22.3. The Morgan fingerprint density at radius 2 is 1.89 bits per heavy atom. The molecule has 27 heavy (non-hydrogen) atoms. The summed E-state index contributed by atoms with van der Waals surface area (Å²) in [4.78, 5) is 14.6. The third kappa shape index (κ3) is 4.44. The highest BCUT2D eigenvalue weighted by Crippen LogP contribution is 2.40. The number of amides is 2. The minimum Gasteiger partial charge on any atom is -0.497 e. The van der Waals surface area contributed by atoms with Crippen molar-refractivity contribution in [3.63, 3.8) is 0 Å². The Bertz CT molecular complexity index is 769. The fourth-order valence-corrected chi connectivity index (χ4v) is 4.15. The van der Waals surface area contributed by atoms with Crippen LogP contribution in [0.4, 0.5) is 4.79 Å². The Morgan fingerprint density at radius 3 is 2.63 bits per heavy atom. The lowest BCUT2D eigenvalue weighted by atomic mass is 9.90. The first-order valence-corrected chi connectivity index (χ1v) is 9.96. The standard InChI is InChI=1S/C23H28N2O2/c1-27-20-9-5-6-18(15-20)14-17-10-12-25(13-11-17)23(26)24-22-16-21(22)19-7-3-2-4-8-19/h2-9,15,17,21-22H,10-14,16H2,1H3,(H,24,26). The van der Waals surface area contributed by atoms with Crippen LogP contribution in [-0.4, -0.2) is 37.2 Å². The van der Waals surface area contributed by atoms with Gasteiger partial charge in [0.2, 0.25) is 0 Å². The molecule has 1 heterocycles. The van der Waals surface area contributed by atoms with Gasteiger partial charge in [0.25, 0.3) is 0 Å². The first-order chi connectivity index (χ1) is 13.2. The maximum absolute atomic E-state index is 12.6. The van der Waals surface area contributed by atoms with Crippen molar-refractivity contribution in [2.24, 2.45) is 5.92 Å². The molecule has 1 aliphatic carbocycles. The van der Waals surface area contributed by atoms with Crippen LogP contribution in [-0.2, 0) is 6.42 Å². The van der Waals surface area contributed by atoms with Crippen molar-refractivity contribution in [1.82, 2.24) is 10.2 Å². The molecule has 2 aliphatic rings. The van der Waals surface area contributed by atoms with Gasteiger partial charge in [-0.05, 0) is 54.9 Å². The molecular formula is C23H28N2O2. The van der Waals surface area contributed by atoms with Gasteiger partial charge in [0.1, 0.15) is 5.75 Å². The van der Waals surface area contributed by atoms with E-state index in [0.29, 0.717) is 17.9 Å². The molecule has 2 aromatic rings. The number of carbonyl (C=O) groups is 1. The Morgan fingerprint density at radius 1 is 1.11 bits per heavy atom. The summed E-state index contributed by atoms with van der Waals surface area (Å²) in [7, 11) is 1.71. The molecule has 2 unspecified atom stereocenters. The van der Waals surface area contributed by atoms with Gasteiger partial charge in [-0.2, -0.15) is 0 Å². The van der Waals surface area contributed by atoms with E-state index in [0.717, 1.165) is 44.5 Å². The van der Waals surface area contributed by atoms with Crippen LogP contribution in [0.15, 0.2) is 54.6 Å². The number of hydrogen-bond donors (Lipinski definition) is 1. The molecule has 2 fully saturated rings. The smallest absolute Gasteiger partial charge is 0.317 e. The highest BCUT2D eigenvalue weighted by atomic mass is 16.5. The summed E-state index contributed by atoms with van der Waals surface area (Å²) in [6.45, 7) is 1.70. The van der Waals surface area contributed by atoms with Gasteiger partial charge in [-0.15, -0.1) is 0 Å². The number of methoxy groups -OCH3 is 1. The maximum atomic E-state index is 12.6. The monoisotopic (exact) mass is 364 g/mol. The molecule has 1 saturated heterocycles. The molecule has 4 nitrogen and oxygen atoms in total. The van der Waals surface area contributed by atoms with Crippen LogP contribution in [0.1, 0.15) is 36.3 Å². The van der Waals surface area contributed by atoms with Gasteiger partial charge in [-0.3, -0.25) is 0 Å². The predicted octanol–water partition coefficient (Wildman–Crippen LogP) is 4.22. The van der Waals surface area contributed by atoms with Gasteiger partial charge in [-0.1, -0.05) is 42.5 Å². The fraction of sp³-hybridized carbons (Fsp3) is 0.435. The number of hydrogen-bond acceptors (Lipinski definition) is 2. The van der Waals surface area contributed by atoms with Crippen molar-refractivity contribution in [3.8, 4) is 5.75 Å². The van der Waals surface area contributed by atoms with Crippen molar-refractivity contribution >= 4 is 6.03 Å². The van der Waals surface area contributed by atoms with Crippen molar-refractivity contribution in [3.05, 3.63) is 65.7 Å². The SMILES string of the molecule is COc1cccc(CC2CCN(C(=O)NC3CC3c3ccccc3)CC2)c1. The number of nitrogens with one attached hydrogen (secondary N) is 1. The zero-order valence-corrected chi connectivity index (χ0v) is 15.9. The molecule has 4 heteroatoms. The van der Waals surface area contributed by atoms with Crippen LogP contribution in [0.5, 0.6) is 5.75 Å². The Labute approximate surface area is 161 Å². The Kier molecular flexibility index (Phi) is 5.33. The number of piperidine rings is 1. The van der Waals surface area contributed by atoms with Gasteiger partial charge in [0, 0.05) is 25.0 Å². The second-order valence-corrected chi connectivity index (χ2v) is 7.79. The lowest BCUT2D eigenvalue weighted by Gasteiger charge is -2.32. The molecule has 1 N–H and O–H groups in total. The van der Waals surface area contributed by atoms with E-state index in [-0.39, 0.29) is 6.03 Å². The second-order valence-electron chi connectivity index (χ2n) is 7.79. The van der Waals surface area contributed by atoms with Crippen molar-refractivity contribution in [2.45, 2.75) is 37.6 Å². The van der Waals surface area contributed by atoms with Crippen molar-refractivity contribution in [1.29, 1.82) is 0 Å². The van der Waals surface area contributed by atoms with Gasteiger partial charge >= 0.3 is 6.03 Å². The van der Waals surface area contributed by atoms with Gasteiger partial charge in [0.15, 0.2) is 0 Å². The molecule has 2 amide bonds. The number of nitrogens with zero attached hydrogens (tertiary/aromatic N) is 1. The summed E-state index contributed by atoms with van der Waals surface area (Å²) in [6, 6.07) is 19.2. The highest BCUT2D eigenvalue weighted by Gasteiger charge is 2.40. The van der Waals surface area contributed by atoms with Gasteiger partial charge in [0.05, 0.1) is 7.11 Å². The van der Waals surface area contributed by atoms with Gasteiger partial charge in [-0.25, -0.2) is 4.79 Å². The average Bonchev–Trinajstić information content (AvgIpc) is 3.48. The van der Waals surface area contributed by atoms with Crippen LogP contribution in [0.3, 0.4) is 0 Å². The third-order valence-electron chi connectivity index (χ3n) is 5.89. The van der Waals surface area contributed by atoms with Crippen LogP contribution in [0.2, 0.25) is 0 Å². The fourth-order valence-electron chi connectivity index (χ4n) is 4.15. The van der Waals surface area contributed by atoms with E-state index in [4.69, 9.17) is 4.74 Å². The van der Waals surface area contributed by atoms with Crippen LogP contribution in [0.25, 0.3) is 0 Å². The molecular weight excluding hydrogens is 336 g/mol. The van der Waals surface area contributed by atoms with Gasteiger partial charge < -0.3 is 15.0 Å². The minimum atomic E-state index is 0.110. The number of ether oxygens (including phenoxy) is 1. The summed E-state index contributed by atoms with van der Waals surface area (Å²) in [5.41, 5.74) is 2.65.